The molecule has 0 aromatic heterocycles. The SMILES string of the molecule is CCCCOCCOCCOCCOCCN. The third-order valence-electron chi connectivity index (χ3n) is 2.02. The normalized spacial score (nSPS) is 10.9. The van der Waals surface area contributed by atoms with Gasteiger partial charge in [0, 0.05) is 13.2 Å². The summed E-state index contributed by atoms with van der Waals surface area (Å²) in [5.74, 6) is 0. The maximum Gasteiger partial charge on any atom is 0.0701 e. The van der Waals surface area contributed by atoms with Crippen molar-refractivity contribution in [2.75, 3.05) is 59.4 Å². The number of unbranched alkanes of at least 4 members (excludes halogenated alkanes) is 1. The Morgan fingerprint density at radius 3 is 1.47 bits per heavy atom. The second-order valence-corrected chi connectivity index (χ2v) is 3.59. The van der Waals surface area contributed by atoms with Crippen LogP contribution in [0, 0.1) is 0 Å². The molecule has 2 N–H and O–H groups in total. The molecule has 0 fully saturated rings. The van der Waals surface area contributed by atoms with E-state index in [4.69, 9.17) is 24.7 Å². The van der Waals surface area contributed by atoms with Crippen LogP contribution >= 0.6 is 0 Å². The summed E-state index contributed by atoms with van der Waals surface area (Å²) in [6, 6.07) is 0. The predicted octanol–water partition coefficient (Wildman–Crippen LogP) is 0.812. The van der Waals surface area contributed by atoms with Crippen LogP contribution in [0.4, 0.5) is 0 Å². The summed E-state index contributed by atoms with van der Waals surface area (Å²) >= 11 is 0. The fraction of sp³-hybridized carbons (Fsp3) is 1.00. The molecule has 0 aromatic carbocycles. The maximum absolute atomic E-state index is 5.35. The summed E-state index contributed by atoms with van der Waals surface area (Å²) in [6.07, 6.45) is 2.28. The Morgan fingerprint density at radius 1 is 0.647 bits per heavy atom. The highest BCUT2D eigenvalue weighted by Crippen LogP contribution is 1.88. The number of hydrogen-bond donors (Lipinski definition) is 1. The quantitative estimate of drug-likeness (QED) is 0.462. The molecule has 0 aliphatic rings. The first-order valence-corrected chi connectivity index (χ1v) is 6.42. The third kappa shape index (κ3) is 15.8. The standard InChI is InChI=1S/C12H27NO4/c1-2-3-5-14-7-9-16-11-12-17-10-8-15-6-4-13/h2-13H2,1H3. The average Bonchev–Trinajstić information content (AvgIpc) is 2.35. The van der Waals surface area contributed by atoms with Crippen LogP contribution in [0.15, 0.2) is 0 Å². The fourth-order valence-corrected chi connectivity index (χ4v) is 1.09. The molecule has 0 bridgehead atoms. The van der Waals surface area contributed by atoms with Crippen molar-refractivity contribution in [2.45, 2.75) is 19.8 Å². The molecule has 0 aliphatic carbocycles. The highest BCUT2D eigenvalue weighted by atomic mass is 16.6. The van der Waals surface area contributed by atoms with Crippen LogP contribution in [0.3, 0.4) is 0 Å². The van der Waals surface area contributed by atoms with Gasteiger partial charge in [0.15, 0.2) is 0 Å². The second kappa shape index (κ2) is 15.8. The Morgan fingerprint density at radius 2 is 1.06 bits per heavy atom. The van der Waals surface area contributed by atoms with E-state index in [1.165, 1.54) is 6.42 Å². The molecular weight excluding hydrogens is 222 g/mol. The molecule has 104 valence electrons. The van der Waals surface area contributed by atoms with Crippen LogP contribution < -0.4 is 5.73 Å². The van der Waals surface area contributed by atoms with Crippen molar-refractivity contribution in [3.63, 3.8) is 0 Å². The van der Waals surface area contributed by atoms with E-state index in [2.05, 4.69) is 6.92 Å². The van der Waals surface area contributed by atoms with Gasteiger partial charge in [-0.1, -0.05) is 13.3 Å². The number of rotatable bonds is 14. The van der Waals surface area contributed by atoms with E-state index in [-0.39, 0.29) is 0 Å². The number of ether oxygens (including phenoxy) is 4. The lowest BCUT2D eigenvalue weighted by Crippen LogP contribution is -2.14. The molecule has 17 heavy (non-hydrogen) atoms. The molecule has 0 unspecified atom stereocenters. The third-order valence-corrected chi connectivity index (χ3v) is 2.02. The molecule has 0 saturated carbocycles. The molecule has 5 heteroatoms. The summed E-state index contributed by atoms with van der Waals surface area (Å²) in [5, 5.41) is 0. The van der Waals surface area contributed by atoms with Crippen molar-refractivity contribution < 1.29 is 18.9 Å². The van der Waals surface area contributed by atoms with E-state index >= 15 is 0 Å². The van der Waals surface area contributed by atoms with Crippen molar-refractivity contribution >= 4 is 0 Å². The van der Waals surface area contributed by atoms with Gasteiger partial charge < -0.3 is 24.7 Å². The van der Waals surface area contributed by atoms with E-state index < -0.39 is 0 Å². The summed E-state index contributed by atoms with van der Waals surface area (Å²) in [7, 11) is 0. The average molecular weight is 249 g/mol. The molecule has 0 saturated heterocycles. The smallest absolute Gasteiger partial charge is 0.0701 e. The van der Waals surface area contributed by atoms with Crippen LogP contribution in [0.25, 0.3) is 0 Å². The van der Waals surface area contributed by atoms with E-state index in [1.807, 2.05) is 0 Å². The minimum Gasteiger partial charge on any atom is -0.379 e. The predicted molar refractivity (Wildman–Crippen MR) is 67.2 cm³/mol. The van der Waals surface area contributed by atoms with Gasteiger partial charge in [0.2, 0.25) is 0 Å². The molecule has 0 rings (SSSR count). The first-order chi connectivity index (χ1) is 8.41. The molecular formula is C12H27NO4. The summed E-state index contributed by atoms with van der Waals surface area (Å²) in [6.45, 7) is 7.82. The van der Waals surface area contributed by atoms with Gasteiger partial charge in [-0.05, 0) is 6.42 Å². The molecule has 0 aromatic rings. The van der Waals surface area contributed by atoms with Gasteiger partial charge in [0.1, 0.15) is 0 Å². The molecule has 0 amide bonds. The topological polar surface area (TPSA) is 62.9 Å². The lowest BCUT2D eigenvalue weighted by molar-refractivity contribution is -0.00124. The minimum atomic E-state index is 0.557. The summed E-state index contributed by atoms with van der Waals surface area (Å²) < 4.78 is 21.1. The van der Waals surface area contributed by atoms with Crippen LogP contribution in [0.1, 0.15) is 19.8 Å². The lowest BCUT2D eigenvalue weighted by Gasteiger charge is -2.06. The Kier molecular flexibility index (Phi) is 15.6. The molecule has 5 nitrogen and oxygen atoms in total. The van der Waals surface area contributed by atoms with E-state index in [0.29, 0.717) is 52.8 Å². The molecule has 0 spiro atoms. The highest BCUT2D eigenvalue weighted by molar-refractivity contribution is 4.36. The Labute approximate surface area is 105 Å². The minimum absolute atomic E-state index is 0.557. The van der Waals surface area contributed by atoms with Crippen LogP contribution in [0.5, 0.6) is 0 Å². The van der Waals surface area contributed by atoms with Gasteiger partial charge in [-0.2, -0.15) is 0 Å². The lowest BCUT2D eigenvalue weighted by atomic mass is 10.4. The highest BCUT2D eigenvalue weighted by Gasteiger charge is 1.91. The van der Waals surface area contributed by atoms with E-state index in [0.717, 1.165) is 13.0 Å². The first-order valence-electron chi connectivity index (χ1n) is 6.42. The summed E-state index contributed by atoms with van der Waals surface area (Å²) in [5.41, 5.74) is 5.27. The van der Waals surface area contributed by atoms with E-state index in [9.17, 15) is 0 Å². The van der Waals surface area contributed by atoms with Gasteiger partial charge in [-0.15, -0.1) is 0 Å². The fourth-order valence-electron chi connectivity index (χ4n) is 1.09. The Hall–Kier alpha value is -0.200. The maximum atomic E-state index is 5.35. The molecule has 0 heterocycles. The Bertz CT molecular complexity index is 122. The number of nitrogens with two attached hydrogens (primary N) is 1. The van der Waals surface area contributed by atoms with Gasteiger partial charge in [-0.3, -0.25) is 0 Å². The van der Waals surface area contributed by atoms with Gasteiger partial charge >= 0.3 is 0 Å². The molecule has 0 radical (unpaired) electrons. The zero-order valence-electron chi connectivity index (χ0n) is 11.0. The van der Waals surface area contributed by atoms with Gasteiger partial charge in [0.05, 0.1) is 46.2 Å². The van der Waals surface area contributed by atoms with Crippen molar-refractivity contribution in [1.82, 2.24) is 0 Å². The monoisotopic (exact) mass is 249 g/mol. The van der Waals surface area contributed by atoms with Crippen molar-refractivity contribution in [3.8, 4) is 0 Å². The van der Waals surface area contributed by atoms with Gasteiger partial charge in [0.25, 0.3) is 0 Å². The van der Waals surface area contributed by atoms with E-state index in [1.54, 1.807) is 0 Å². The second-order valence-electron chi connectivity index (χ2n) is 3.59. The van der Waals surface area contributed by atoms with Crippen molar-refractivity contribution in [3.05, 3.63) is 0 Å². The van der Waals surface area contributed by atoms with Gasteiger partial charge in [-0.25, -0.2) is 0 Å². The Balaban J connectivity index is 2.85. The zero-order chi connectivity index (χ0) is 12.6. The van der Waals surface area contributed by atoms with Crippen LogP contribution in [0.2, 0.25) is 0 Å². The molecule has 0 aliphatic heterocycles. The van der Waals surface area contributed by atoms with Crippen LogP contribution in [-0.4, -0.2) is 59.4 Å². The van der Waals surface area contributed by atoms with Crippen LogP contribution in [-0.2, 0) is 18.9 Å². The number of hydrogen-bond acceptors (Lipinski definition) is 5. The largest absolute Gasteiger partial charge is 0.379 e. The van der Waals surface area contributed by atoms with Crippen molar-refractivity contribution in [2.24, 2.45) is 5.73 Å². The zero-order valence-corrected chi connectivity index (χ0v) is 11.0. The van der Waals surface area contributed by atoms with Crippen molar-refractivity contribution in [1.29, 1.82) is 0 Å². The summed E-state index contributed by atoms with van der Waals surface area (Å²) in [4.78, 5) is 0. The molecule has 0 atom stereocenters. The first kappa shape index (κ1) is 16.8.